The second kappa shape index (κ2) is 6.55. The van der Waals surface area contributed by atoms with Gasteiger partial charge in [0.2, 0.25) is 0 Å². The molecule has 0 saturated carbocycles. The third kappa shape index (κ3) is 4.89. The highest BCUT2D eigenvalue weighted by molar-refractivity contribution is 5.30. The van der Waals surface area contributed by atoms with Crippen LogP contribution in [-0.2, 0) is 6.18 Å². The lowest BCUT2D eigenvalue weighted by Crippen LogP contribution is -2.29. The van der Waals surface area contributed by atoms with Gasteiger partial charge in [-0.2, -0.15) is 18.4 Å². The zero-order valence-corrected chi connectivity index (χ0v) is 10.8. The molecule has 1 atom stereocenters. The van der Waals surface area contributed by atoms with Gasteiger partial charge in [-0.05, 0) is 31.8 Å². The molecule has 0 radical (unpaired) electrons. The van der Waals surface area contributed by atoms with Gasteiger partial charge in [-0.1, -0.05) is 12.1 Å². The Morgan fingerprint density at radius 3 is 2.58 bits per heavy atom. The summed E-state index contributed by atoms with van der Waals surface area (Å²) in [5.41, 5.74) is -0.407. The highest BCUT2D eigenvalue weighted by atomic mass is 19.4. The summed E-state index contributed by atoms with van der Waals surface area (Å²) < 4.78 is 37.7. The van der Waals surface area contributed by atoms with Gasteiger partial charge in [0.1, 0.15) is 6.04 Å². The molecule has 104 valence electrons. The first kappa shape index (κ1) is 15.5. The van der Waals surface area contributed by atoms with Crippen LogP contribution in [0.4, 0.5) is 13.2 Å². The van der Waals surface area contributed by atoms with E-state index in [1.54, 1.807) is 0 Å². The zero-order valence-electron chi connectivity index (χ0n) is 10.8. The van der Waals surface area contributed by atoms with Gasteiger partial charge in [0.15, 0.2) is 0 Å². The Morgan fingerprint density at radius 1 is 1.37 bits per heavy atom. The Morgan fingerprint density at radius 2 is 2.05 bits per heavy atom. The molecule has 0 amide bonds. The average Bonchev–Trinajstić information content (AvgIpc) is 2.33. The summed E-state index contributed by atoms with van der Waals surface area (Å²) in [4.78, 5) is 1.92. The van der Waals surface area contributed by atoms with E-state index < -0.39 is 17.8 Å². The fourth-order valence-corrected chi connectivity index (χ4v) is 1.57. The zero-order chi connectivity index (χ0) is 14.5. The lowest BCUT2D eigenvalue weighted by atomic mass is 10.0. The molecular formula is C13H16F3N3. The molecule has 1 N–H and O–H groups in total. The summed E-state index contributed by atoms with van der Waals surface area (Å²) >= 11 is 0. The number of halogens is 3. The topological polar surface area (TPSA) is 39.1 Å². The molecule has 6 heteroatoms. The van der Waals surface area contributed by atoms with Crippen molar-refractivity contribution in [2.45, 2.75) is 12.2 Å². The van der Waals surface area contributed by atoms with Crippen molar-refractivity contribution < 1.29 is 13.2 Å². The minimum absolute atomic E-state index is 0.330. The number of nitrogens with one attached hydrogen (secondary N) is 1. The van der Waals surface area contributed by atoms with Crippen molar-refractivity contribution in [3.63, 3.8) is 0 Å². The summed E-state index contributed by atoms with van der Waals surface area (Å²) in [5.74, 6) is 0. The third-order valence-electron chi connectivity index (χ3n) is 2.58. The van der Waals surface area contributed by atoms with Gasteiger partial charge in [-0.3, -0.25) is 5.32 Å². The highest BCUT2D eigenvalue weighted by Gasteiger charge is 2.30. The van der Waals surface area contributed by atoms with E-state index in [1.165, 1.54) is 12.1 Å². The third-order valence-corrected chi connectivity index (χ3v) is 2.58. The van der Waals surface area contributed by atoms with Crippen molar-refractivity contribution >= 4 is 0 Å². The quantitative estimate of drug-likeness (QED) is 0.894. The summed E-state index contributed by atoms with van der Waals surface area (Å²) in [6.07, 6.45) is -4.39. The van der Waals surface area contributed by atoms with E-state index >= 15 is 0 Å². The molecule has 1 unspecified atom stereocenters. The van der Waals surface area contributed by atoms with Crippen LogP contribution in [0.25, 0.3) is 0 Å². The van der Waals surface area contributed by atoms with Gasteiger partial charge in [-0.15, -0.1) is 0 Å². The number of nitrogens with zero attached hydrogens (tertiary/aromatic N) is 2. The summed E-state index contributed by atoms with van der Waals surface area (Å²) in [6.45, 7) is 1.23. The maximum atomic E-state index is 12.6. The van der Waals surface area contributed by atoms with E-state index in [2.05, 4.69) is 5.32 Å². The van der Waals surface area contributed by atoms with E-state index in [0.717, 1.165) is 12.1 Å². The van der Waals surface area contributed by atoms with E-state index in [0.29, 0.717) is 18.7 Å². The fourth-order valence-electron chi connectivity index (χ4n) is 1.57. The molecule has 0 bridgehead atoms. The molecule has 0 fully saturated rings. The lowest BCUT2D eigenvalue weighted by Gasteiger charge is -2.16. The van der Waals surface area contributed by atoms with Gasteiger partial charge >= 0.3 is 6.18 Å². The van der Waals surface area contributed by atoms with Crippen molar-refractivity contribution in [1.82, 2.24) is 10.2 Å². The molecule has 0 aromatic heterocycles. The standard InChI is InChI=1S/C13H16F3N3/c1-19(2)7-6-18-12(9-17)10-4-3-5-11(8-10)13(14,15)16/h3-5,8,12,18H,6-7H2,1-2H3. The molecule has 0 saturated heterocycles. The van der Waals surface area contributed by atoms with Crippen LogP contribution < -0.4 is 5.32 Å². The van der Waals surface area contributed by atoms with Crippen molar-refractivity contribution in [2.24, 2.45) is 0 Å². The smallest absolute Gasteiger partial charge is 0.308 e. The Kier molecular flexibility index (Phi) is 5.33. The minimum atomic E-state index is -4.39. The second-order valence-corrected chi connectivity index (χ2v) is 4.44. The predicted octanol–water partition coefficient (Wildman–Crippen LogP) is 2.42. The summed E-state index contributed by atoms with van der Waals surface area (Å²) in [6, 6.07) is 6.08. The van der Waals surface area contributed by atoms with E-state index in [1.807, 2.05) is 25.1 Å². The Labute approximate surface area is 110 Å². The van der Waals surface area contributed by atoms with E-state index in [9.17, 15) is 13.2 Å². The largest absolute Gasteiger partial charge is 0.416 e. The van der Waals surface area contributed by atoms with Gasteiger partial charge in [0.05, 0.1) is 11.6 Å². The first-order chi connectivity index (χ1) is 8.84. The number of nitriles is 1. The first-order valence-corrected chi connectivity index (χ1v) is 5.79. The van der Waals surface area contributed by atoms with Gasteiger partial charge < -0.3 is 4.90 Å². The van der Waals surface area contributed by atoms with Crippen molar-refractivity contribution in [3.05, 3.63) is 35.4 Å². The monoisotopic (exact) mass is 271 g/mol. The maximum absolute atomic E-state index is 12.6. The minimum Gasteiger partial charge on any atom is -0.308 e. The Hall–Kier alpha value is -1.58. The molecule has 1 rings (SSSR count). The molecule has 1 aromatic carbocycles. The van der Waals surface area contributed by atoms with Crippen LogP contribution in [0.2, 0.25) is 0 Å². The molecular weight excluding hydrogens is 255 g/mol. The first-order valence-electron chi connectivity index (χ1n) is 5.79. The van der Waals surface area contributed by atoms with Crippen LogP contribution in [0.1, 0.15) is 17.2 Å². The normalized spacial score (nSPS) is 13.3. The van der Waals surface area contributed by atoms with Crippen molar-refractivity contribution in [3.8, 4) is 6.07 Å². The van der Waals surface area contributed by atoms with Gasteiger partial charge in [0, 0.05) is 13.1 Å². The number of likely N-dealkylation sites (N-methyl/N-ethyl adjacent to an activating group) is 1. The summed E-state index contributed by atoms with van der Waals surface area (Å²) in [7, 11) is 3.76. The molecule has 3 nitrogen and oxygen atoms in total. The Balaban J connectivity index is 2.79. The number of rotatable bonds is 5. The van der Waals surface area contributed by atoms with Gasteiger partial charge in [0.25, 0.3) is 0 Å². The van der Waals surface area contributed by atoms with Crippen LogP contribution >= 0.6 is 0 Å². The molecule has 1 aromatic rings. The van der Waals surface area contributed by atoms with Crippen LogP contribution in [-0.4, -0.2) is 32.1 Å². The molecule has 19 heavy (non-hydrogen) atoms. The molecule has 0 spiro atoms. The molecule has 0 aliphatic rings. The SMILES string of the molecule is CN(C)CCNC(C#N)c1cccc(C(F)(F)F)c1. The van der Waals surface area contributed by atoms with Crippen LogP contribution in [0, 0.1) is 11.3 Å². The lowest BCUT2D eigenvalue weighted by molar-refractivity contribution is -0.137. The van der Waals surface area contributed by atoms with E-state index in [-0.39, 0.29) is 0 Å². The number of hydrogen-bond donors (Lipinski definition) is 1. The maximum Gasteiger partial charge on any atom is 0.416 e. The van der Waals surface area contributed by atoms with Crippen LogP contribution in [0.5, 0.6) is 0 Å². The fraction of sp³-hybridized carbons (Fsp3) is 0.462. The summed E-state index contributed by atoms with van der Waals surface area (Å²) in [5, 5.41) is 12.0. The van der Waals surface area contributed by atoms with Crippen LogP contribution in [0.3, 0.4) is 0 Å². The molecule has 0 aliphatic carbocycles. The number of hydrogen-bond acceptors (Lipinski definition) is 3. The van der Waals surface area contributed by atoms with Gasteiger partial charge in [-0.25, -0.2) is 0 Å². The van der Waals surface area contributed by atoms with Crippen LogP contribution in [0.15, 0.2) is 24.3 Å². The Bertz CT molecular complexity index is 449. The molecule has 0 aliphatic heterocycles. The predicted molar refractivity (Wildman–Crippen MR) is 66.4 cm³/mol. The molecule has 0 heterocycles. The highest BCUT2D eigenvalue weighted by Crippen LogP contribution is 2.30. The number of benzene rings is 1. The van der Waals surface area contributed by atoms with Crippen molar-refractivity contribution in [1.29, 1.82) is 5.26 Å². The number of alkyl halides is 3. The second-order valence-electron chi connectivity index (χ2n) is 4.44. The van der Waals surface area contributed by atoms with Crippen molar-refractivity contribution in [2.75, 3.05) is 27.2 Å². The van der Waals surface area contributed by atoms with E-state index in [4.69, 9.17) is 5.26 Å². The average molecular weight is 271 g/mol.